The molecule has 0 saturated carbocycles. The molecule has 0 aliphatic carbocycles. The molecule has 5 rings (SSSR count). The second kappa shape index (κ2) is 9.59. The Hall–Kier alpha value is -3.21. The molecule has 10 heteroatoms. The van der Waals surface area contributed by atoms with Gasteiger partial charge >= 0.3 is 10.2 Å². The third-order valence-corrected chi connectivity index (χ3v) is 8.61. The average Bonchev–Trinajstić information content (AvgIpc) is 3.51. The van der Waals surface area contributed by atoms with Crippen molar-refractivity contribution in [2.75, 3.05) is 45.2 Å². The number of nitrogens with zero attached hydrogens (tertiary/aromatic N) is 6. The third kappa shape index (κ3) is 5.14. The van der Waals surface area contributed by atoms with Gasteiger partial charge in [-0.05, 0) is 23.1 Å². The summed E-state index contributed by atoms with van der Waals surface area (Å²) in [5.41, 5.74) is 6.39. The number of aromatic nitrogens is 4. The van der Waals surface area contributed by atoms with Crippen LogP contribution in [0.15, 0.2) is 55.0 Å². The van der Waals surface area contributed by atoms with Crippen molar-refractivity contribution in [3.8, 4) is 11.4 Å². The lowest BCUT2D eigenvalue weighted by atomic mass is 9.87. The van der Waals surface area contributed by atoms with Gasteiger partial charge < -0.3 is 9.88 Å². The van der Waals surface area contributed by atoms with Gasteiger partial charge in [-0.1, -0.05) is 51.1 Å². The fraction of sp³-hybridized carbons (Fsp3) is 0.407. The minimum absolute atomic E-state index is 0.117. The summed E-state index contributed by atoms with van der Waals surface area (Å²) in [6.45, 7) is 10.7. The summed E-state index contributed by atoms with van der Waals surface area (Å²) < 4.78 is 27.0. The Morgan fingerprint density at radius 3 is 2.35 bits per heavy atom. The van der Waals surface area contributed by atoms with Crippen LogP contribution in [0, 0.1) is 0 Å². The van der Waals surface area contributed by atoms with Crippen LogP contribution in [-0.4, -0.2) is 76.8 Å². The van der Waals surface area contributed by atoms with Gasteiger partial charge in [-0.3, -0.25) is 4.90 Å². The molecule has 2 aromatic heterocycles. The first-order valence-corrected chi connectivity index (χ1v) is 13.9. The number of hydrogen-bond acceptors (Lipinski definition) is 6. The summed E-state index contributed by atoms with van der Waals surface area (Å²) in [5.74, 6) is 0.879. The van der Waals surface area contributed by atoms with Gasteiger partial charge in [0.2, 0.25) is 0 Å². The molecule has 1 fully saturated rings. The van der Waals surface area contributed by atoms with Crippen molar-refractivity contribution >= 4 is 26.9 Å². The number of benzene rings is 2. The summed E-state index contributed by atoms with van der Waals surface area (Å²) in [6, 6.07) is 14.9. The maximum atomic E-state index is 12.3. The fourth-order valence-electron chi connectivity index (χ4n) is 4.65. The molecular weight excluding hydrogens is 486 g/mol. The highest BCUT2D eigenvalue weighted by Gasteiger charge is 2.22. The van der Waals surface area contributed by atoms with E-state index in [1.807, 2.05) is 0 Å². The van der Waals surface area contributed by atoms with E-state index < -0.39 is 10.2 Å². The minimum Gasteiger partial charge on any atom is -0.367 e. The zero-order valence-electron chi connectivity index (χ0n) is 22.1. The summed E-state index contributed by atoms with van der Waals surface area (Å²) in [6.07, 6.45) is 2.97. The number of imidazole rings is 2. The zero-order chi connectivity index (χ0) is 26.4. The molecule has 0 spiro atoms. The molecule has 3 heterocycles. The van der Waals surface area contributed by atoms with Crippen LogP contribution in [-0.2, 0) is 22.2 Å². The number of nitrogens with one attached hydrogen (secondary N) is 1. The van der Waals surface area contributed by atoms with Gasteiger partial charge in [-0.15, -0.1) is 0 Å². The van der Waals surface area contributed by atoms with Crippen LogP contribution in [0.2, 0.25) is 0 Å². The van der Waals surface area contributed by atoms with Crippen molar-refractivity contribution in [3.05, 3.63) is 66.2 Å². The van der Waals surface area contributed by atoms with Crippen LogP contribution in [0.25, 0.3) is 22.4 Å². The Morgan fingerprint density at radius 1 is 1.00 bits per heavy atom. The molecule has 1 N–H and O–H groups in total. The topological polar surface area (TPSA) is 90.4 Å². The molecule has 1 saturated heterocycles. The Kier molecular flexibility index (Phi) is 6.59. The molecule has 0 unspecified atom stereocenters. The highest BCUT2D eigenvalue weighted by Crippen LogP contribution is 2.30. The maximum absolute atomic E-state index is 12.3. The number of anilines is 1. The Labute approximate surface area is 218 Å². The predicted octanol–water partition coefficient (Wildman–Crippen LogP) is 3.70. The van der Waals surface area contributed by atoms with E-state index in [4.69, 9.17) is 4.98 Å². The Morgan fingerprint density at radius 2 is 1.70 bits per heavy atom. The number of H-pyrrole nitrogens is 1. The van der Waals surface area contributed by atoms with Crippen molar-refractivity contribution in [2.24, 2.45) is 0 Å². The van der Waals surface area contributed by atoms with Crippen molar-refractivity contribution in [2.45, 2.75) is 32.7 Å². The normalized spacial score (nSPS) is 15.7. The first-order valence-electron chi connectivity index (χ1n) is 12.6. The van der Waals surface area contributed by atoms with E-state index in [1.54, 1.807) is 6.20 Å². The van der Waals surface area contributed by atoms with Crippen LogP contribution in [0.5, 0.6) is 0 Å². The van der Waals surface area contributed by atoms with E-state index in [9.17, 15) is 8.42 Å². The lowest BCUT2D eigenvalue weighted by Crippen LogP contribution is -2.46. The summed E-state index contributed by atoms with van der Waals surface area (Å²) in [5, 5.41) is 0. The van der Waals surface area contributed by atoms with E-state index in [2.05, 4.69) is 83.0 Å². The molecule has 196 valence electrons. The maximum Gasteiger partial charge on any atom is 0.308 e. The van der Waals surface area contributed by atoms with Crippen LogP contribution < -0.4 is 4.90 Å². The molecule has 9 nitrogen and oxygen atoms in total. The molecule has 4 aromatic rings. The molecule has 1 aliphatic heterocycles. The smallest absolute Gasteiger partial charge is 0.308 e. The van der Waals surface area contributed by atoms with Crippen molar-refractivity contribution in [3.63, 3.8) is 0 Å². The Balaban J connectivity index is 1.28. The van der Waals surface area contributed by atoms with Gasteiger partial charge in [-0.25, -0.2) is 13.9 Å². The number of piperazine rings is 1. The Bertz CT molecular complexity index is 1490. The van der Waals surface area contributed by atoms with Crippen LogP contribution in [0.3, 0.4) is 0 Å². The molecule has 2 aromatic carbocycles. The zero-order valence-corrected chi connectivity index (χ0v) is 23.0. The van der Waals surface area contributed by atoms with Gasteiger partial charge in [0.1, 0.15) is 17.7 Å². The standard InChI is InChI=1S/C27H35N7O2S/c1-27(2,3)21-11-9-20(10-12-21)26-29-23-7-6-8-24(25(23)30-26)33-15-13-32(14-16-33)17-22-18-34(19-28-22)37(35,36)31(4)5/h6-12,18-19H,13-17H2,1-5H3,(H,29,30). The highest BCUT2D eigenvalue weighted by atomic mass is 32.2. The van der Waals surface area contributed by atoms with Gasteiger partial charge in [0.05, 0.1) is 16.9 Å². The van der Waals surface area contributed by atoms with Crippen molar-refractivity contribution in [1.29, 1.82) is 0 Å². The largest absolute Gasteiger partial charge is 0.367 e. The highest BCUT2D eigenvalue weighted by molar-refractivity contribution is 7.87. The first kappa shape index (κ1) is 25.4. The fourth-order valence-corrected chi connectivity index (χ4v) is 5.45. The van der Waals surface area contributed by atoms with E-state index in [0.717, 1.165) is 60.0 Å². The number of fused-ring (bicyclic) bond motifs is 1. The molecule has 1 aliphatic rings. The first-order chi connectivity index (χ1) is 17.5. The second-order valence-corrected chi connectivity index (χ2v) is 12.9. The van der Waals surface area contributed by atoms with Gasteiger partial charge in [0.15, 0.2) is 0 Å². The van der Waals surface area contributed by atoms with Gasteiger partial charge in [0.25, 0.3) is 0 Å². The van der Waals surface area contributed by atoms with E-state index in [1.165, 1.54) is 34.3 Å². The average molecular weight is 522 g/mol. The number of aromatic amines is 1. The molecule has 0 atom stereocenters. The van der Waals surface area contributed by atoms with Crippen LogP contribution in [0.1, 0.15) is 32.0 Å². The number of hydrogen-bond donors (Lipinski definition) is 1. The third-order valence-electron chi connectivity index (χ3n) is 6.96. The predicted molar refractivity (Wildman–Crippen MR) is 148 cm³/mol. The van der Waals surface area contributed by atoms with Gasteiger partial charge in [0, 0.05) is 58.6 Å². The van der Waals surface area contributed by atoms with Crippen LogP contribution in [0.4, 0.5) is 5.69 Å². The van der Waals surface area contributed by atoms with Gasteiger partial charge in [-0.2, -0.15) is 12.7 Å². The molecule has 0 bridgehead atoms. The van der Waals surface area contributed by atoms with E-state index in [-0.39, 0.29) is 5.41 Å². The summed E-state index contributed by atoms with van der Waals surface area (Å²) in [4.78, 5) is 17.5. The summed E-state index contributed by atoms with van der Waals surface area (Å²) in [7, 11) is -0.511. The number of rotatable bonds is 6. The van der Waals surface area contributed by atoms with E-state index in [0.29, 0.717) is 6.54 Å². The lowest BCUT2D eigenvalue weighted by Gasteiger charge is -2.35. The SMILES string of the molecule is CN(C)S(=O)(=O)n1cnc(CN2CCN(c3cccc4[nH]c(-c5ccc(C(C)(C)C)cc5)nc34)CC2)c1. The summed E-state index contributed by atoms with van der Waals surface area (Å²) >= 11 is 0. The molecular formula is C27H35N7O2S. The van der Waals surface area contributed by atoms with Crippen molar-refractivity contribution < 1.29 is 8.42 Å². The molecule has 0 radical (unpaired) electrons. The monoisotopic (exact) mass is 521 g/mol. The quantitative estimate of drug-likeness (QED) is 0.416. The van der Waals surface area contributed by atoms with E-state index >= 15 is 0 Å². The van der Waals surface area contributed by atoms with Crippen molar-refractivity contribution in [1.82, 2.24) is 28.1 Å². The second-order valence-electron chi connectivity index (χ2n) is 10.8. The number of para-hydroxylation sites is 1. The molecule has 37 heavy (non-hydrogen) atoms. The molecule has 0 amide bonds. The lowest BCUT2D eigenvalue weighted by molar-refractivity contribution is 0.247. The van der Waals surface area contributed by atoms with Crippen LogP contribution >= 0.6 is 0 Å². The minimum atomic E-state index is -3.54.